The summed E-state index contributed by atoms with van der Waals surface area (Å²) in [5, 5.41) is 4.11. The van der Waals surface area contributed by atoms with Crippen LogP contribution in [0.15, 0.2) is 57.7 Å². The number of rotatable bonds is 5. The van der Waals surface area contributed by atoms with E-state index in [1.807, 2.05) is 12.1 Å². The number of ether oxygens (including phenoxy) is 1. The number of benzene rings is 2. The molecule has 0 aliphatic carbocycles. The summed E-state index contributed by atoms with van der Waals surface area (Å²) in [5.41, 5.74) is 1.92. The molecule has 0 saturated carbocycles. The topological polar surface area (TPSA) is 51.5 Å². The largest absolute Gasteiger partial charge is 0.497 e. The highest BCUT2D eigenvalue weighted by molar-refractivity contribution is 5.81. The van der Waals surface area contributed by atoms with E-state index in [1.54, 1.807) is 25.3 Å². The van der Waals surface area contributed by atoms with Crippen LogP contribution in [0.25, 0.3) is 11.0 Å². The van der Waals surface area contributed by atoms with Gasteiger partial charge in [0.1, 0.15) is 17.1 Å². The van der Waals surface area contributed by atoms with Crippen LogP contribution in [0.2, 0.25) is 0 Å². The summed E-state index contributed by atoms with van der Waals surface area (Å²) in [6.07, 6.45) is 0. The zero-order chi connectivity index (χ0) is 16.2. The van der Waals surface area contributed by atoms with Gasteiger partial charge in [0.25, 0.3) is 0 Å². The number of hydrogen-bond acceptors (Lipinski definition) is 4. The monoisotopic (exact) mass is 313 g/mol. The van der Waals surface area contributed by atoms with E-state index in [9.17, 15) is 9.18 Å². The molecule has 0 unspecified atom stereocenters. The van der Waals surface area contributed by atoms with Crippen molar-refractivity contribution in [1.82, 2.24) is 5.32 Å². The third kappa shape index (κ3) is 3.57. The molecule has 0 radical (unpaired) electrons. The number of fused-ring (bicyclic) bond motifs is 1. The average molecular weight is 313 g/mol. The lowest BCUT2D eigenvalue weighted by atomic mass is 10.1. The SMILES string of the molecule is COc1ccc2c(CNCc3ccc(F)cc3)cc(=O)oc2c1. The second-order valence-electron chi connectivity index (χ2n) is 5.18. The molecule has 3 aromatic rings. The van der Waals surface area contributed by atoms with Crippen LogP contribution in [0.3, 0.4) is 0 Å². The molecule has 0 atom stereocenters. The molecule has 0 saturated heterocycles. The Balaban J connectivity index is 1.79. The minimum absolute atomic E-state index is 0.255. The maximum Gasteiger partial charge on any atom is 0.336 e. The molecule has 2 aromatic carbocycles. The van der Waals surface area contributed by atoms with Gasteiger partial charge >= 0.3 is 5.63 Å². The predicted octanol–water partition coefficient (Wildman–Crippen LogP) is 3.23. The molecule has 4 nitrogen and oxygen atoms in total. The van der Waals surface area contributed by atoms with E-state index < -0.39 is 5.63 Å². The van der Waals surface area contributed by atoms with Crippen molar-refractivity contribution in [2.24, 2.45) is 0 Å². The van der Waals surface area contributed by atoms with Crippen LogP contribution in [0.4, 0.5) is 4.39 Å². The summed E-state index contributed by atoms with van der Waals surface area (Å²) in [7, 11) is 1.56. The molecule has 5 heteroatoms. The van der Waals surface area contributed by atoms with E-state index >= 15 is 0 Å². The molecule has 1 aromatic heterocycles. The van der Waals surface area contributed by atoms with Crippen LogP contribution in [-0.2, 0) is 13.1 Å². The molecule has 0 aliphatic rings. The van der Waals surface area contributed by atoms with Gasteiger partial charge in [0.15, 0.2) is 0 Å². The van der Waals surface area contributed by atoms with Crippen LogP contribution >= 0.6 is 0 Å². The molecular weight excluding hydrogens is 297 g/mol. The van der Waals surface area contributed by atoms with Gasteiger partial charge in [0, 0.05) is 30.6 Å². The van der Waals surface area contributed by atoms with Crippen molar-refractivity contribution in [2.45, 2.75) is 13.1 Å². The molecule has 118 valence electrons. The van der Waals surface area contributed by atoms with Crippen LogP contribution < -0.4 is 15.7 Å². The molecule has 0 amide bonds. The Morgan fingerprint density at radius 1 is 1.09 bits per heavy atom. The Hall–Kier alpha value is -2.66. The molecule has 0 aliphatic heterocycles. The van der Waals surface area contributed by atoms with Gasteiger partial charge in [-0.15, -0.1) is 0 Å². The number of halogens is 1. The molecule has 23 heavy (non-hydrogen) atoms. The van der Waals surface area contributed by atoms with Gasteiger partial charge in [0.05, 0.1) is 7.11 Å². The highest BCUT2D eigenvalue weighted by Gasteiger charge is 2.07. The Bertz CT molecular complexity index is 872. The molecule has 0 bridgehead atoms. The van der Waals surface area contributed by atoms with E-state index in [0.29, 0.717) is 24.4 Å². The summed E-state index contributed by atoms with van der Waals surface area (Å²) in [5.74, 6) is 0.381. The van der Waals surface area contributed by atoms with Crippen LogP contribution in [0.1, 0.15) is 11.1 Å². The van der Waals surface area contributed by atoms with Crippen LogP contribution in [0, 0.1) is 5.82 Å². The summed E-state index contributed by atoms with van der Waals surface area (Å²) in [6.45, 7) is 1.09. The fraction of sp³-hybridized carbons (Fsp3) is 0.167. The quantitative estimate of drug-likeness (QED) is 0.735. The lowest BCUT2D eigenvalue weighted by Crippen LogP contribution is -2.14. The maximum absolute atomic E-state index is 12.9. The standard InChI is InChI=1S/C18H16FNO3/c1-22-15-6-7-16-13(8-18(21)23-17(16)9-15)11-20-10-12-2-4-14(19)5-3-12/h2-9,20H,10-11H2,1H3. The van der Waals surface area contributed by atoms with E-state index in [0.717, 1.165) is 16.5 Å². The van der Waals surface area contributed by atoms with Crippen LogP contribution in [0.5, 0.6) is 5.75 Å². The van der Waals surface area contributed by atoms with E-state index in [2.05, 4.69) is 5.32 Å². The first-order valence-corrected chi connectivity index (χ1v) is 7.21. The number of methoxy groups -OCH3 is 1. The first kappa shape index (κ1) is 15.2. The summed E-state index contributed by atoms with van der Waals surface area (Å²) in [4.78, 5) is 11.7. The third-order valence-electron chi connectivity index (χ3n) is 3.60. The van der Waals surface area contributed by atoms with Crippen molar-refractivity contribution in [2.75, 3.05) is 7.11 Å². The van der Waals surface area contributed by atoms with Crippen molar-refractivity contribution < 1.29 is 13.5 Å². The Labute approximate surface area is 132 Å². The van der Waals surface area contributed by atoms with E-state index in [-0.39, 0.29) is 5.82 Å². The molecule has 1 N–H and O–H groups in total. The highest BCUT2D eigenvalue weighted by atomic mass is 19.1. The average Bonchev–Trinajstić information content (AvgIpc) is 2.55. The van der Waals surface area contributed by atoms with Crippen LogP contribution in [-0.4, -0.2) is 7.11 Å². The Morgan fingerprint density at radius 2 is 1.87 bits per heavy atom. The Kier molecular flexibility index (Phi) is 4.39. The minimum atomic E-state index is -0.399. The summed E-state index contributed by atoms with van der Waals surface area (Å²) in [6, 6.07) is 13.2. The Morgan fingerprint density at radius 3 is 2.61 bits per heavy atom. The zero-order valence-electron chi connectivity index (χ0n) is 12.6. The maximum atomic E-state index is 12.9. The lowest BCUT2D eigenvalue weighted by molar-refractivity contribution is 0.414. The fourth-order valence-corrected chi connectivity index (χ4v) is 2.43. The van der Waals surface area contributed by atoms with Crippen molar-refractivity contribution in [1.29, 1.82) is 0 Å². The van der Waals surface area contributed by atoms with E-state index in [4.69, 9.17) is 9.15 Å². The minimum Gasteiger partial charge on any atom is -0.497 e. The normalized spacial score (nSPS) is 10.9. The van der Waals surface area contributed by atoms with Crippen molar-refractivity contribution in [3.05, 3.63) is 75.9 Å². The van der Waals surface area contributed by atoms with E-state index in [1.165, 1.54) is 18.2 Å². The fourth-order valence-electron chi connectivity index (χ4n) is 2.43. The summed E-state index contributed by atoms with van der Waals surface area (Å²) < 4.78 is 23.2. The predicted molar refractivity (Wildman–Crippen MR) is 86.0 cm³/mol. The van der Waals surface area contributed by atoms with Gasteiger partial charge in [-0.05, 0) is 35.4 Å². The van der Waals surface area contributed by atoms with Gasteiger partial charge < -0.3 is 14.5 Å². The van der Waals surface area contributed by atoms with Crippen molar-refractivity contribution >= 4 is 11.0 Å². The third-order valence-corrected chi connectivity index (χ3v) is 3.60. The first-order valence-electron chi connectivity index (χ1n) is 7.21. The molecule has 3 rings (SSSR count). The van der Waals surface area contributed by atoms with Gasteiger partial charge in [-0.1, -0.05) is 12.1 Å². The molecule has 0 fully saturated rings. The first-order chi connectivity index (χ1) is 11.2. The lowest BCUT2D eigenvalue weighted by Gasteiger charge is -2.08. The number of nitrogens with one attached hydrogen (secondary N) is 1. The van der Waals surface area contributed by atoms with Gasteiger partial charge in [-0.2, -0.15) is 0 Å². The van der Waals surface area contributed by atoms with Crippen molar-refractivity contribution in [3.8, 4) is 5.75 Å². The second kappa shape index (κ2) is 6.62. The second-order valence-corrected chi connectivity index (χ2v) is 5.18. The molecular formula is C18H16FNO3. The van der Waals surface area contributed by atoms with Gasteiger partial charge in [-0.3, -0.25) is 0 Å². The van der Waals surface area contributed by atoms with Gasteiger partial charge in [0.2, 0.25) is 0 Å². The summed E-state index contributed by atoms with van der Waals surface area (Å²) >= 11 is 0. The highest BCUT2D eigenvalue weighted by Crippen LogP contribution is 2.22. The zero-order valence-corrected chi connectivity index (χ0v) is 12.6. The smallest absolute Gasteiger partial charge is 0.336 e. The molecule has 0 spiro atoms. The molecule has 1 heterocycles. The van der Waals surface area contributed by atoms with Gasteiger partial charge in [-0.25, -0.2) is 9.18 Å². The van der Waals surface area contributed by atoms with Crippen molar-refractivity contribution in [3.63, 3.8) is 0 Å². The number of hydrogen-bond donors (Lipinski definition) is 1.